The molecule has 1 aliphatic rings. The van der Waals surface area contributed by atoms with Gasteiger partial charge in [0.15, 0.2) is 0 Å². The number of amides is 1. The molecule has 0 unspecified atom stereocenters. The van der Waals surface area contributed by atoms with Gasteiger partial charge in [0, 0.05) is 26.2 Å². The van der Waals surface area contributed by atoms with Crippen molar-refractivity contribution in [2.24, 2.45) is 0 Å². The van der Waals surface area contributed by atoms with Crippen molar-refractivity contribution in [1.29, 1.82) is 5.26 Å². The van der Waals surface area contributed by atoms with Gasteiger partial charge in [0.25, 0.3) is 0 Å². The number of anilines is 1. The van der Waals surface area contributed by atoms with Crippen molar-refractivity contribution in [3.63, 3.8) is 0 Å². The number of nitriles is 1. The molecule has 0 aliphatic carbocycles. The van der Waals surface area contributed by atoms with Crippen LogP contribution in [-0.2, 0) is 4.79 Å². The van der Waals surface area contributed by atoms with Crippen LogP contribution in [0.15, 0.2) is 36.4 Å². The predicted octanol–water partition coefficient (Wildman–Crippen LogP) is 3.61. The highest BCUT2D eigenvalue weighted by molar-refractivity contribution is 6.32. The van der Waals surface area contributed by atoms with Crippen LogP contribution in [0.2, 0.25) is 5.02 Å². The van der Waals surface area contributed by atoms with Crippen LogP contribution in [0.5, 0.6) is 5.75 Å². The number of ether oxygens (including phenoxy) is 1. The normalized spacial score (nSPS) is 13.9. The molecule has 1 aliphatic heterocycles. The van der Waals surface area contributed by atoms with Crippen LogP contribution >= 0.6 is 11.6 Å². The minimum atomic E-state index is -0.628. The first kappa shape index (κ1) is 19.9. The number of rotatable bonds is 5. The quantitative estimate of drug-likeness (QED) is 0.762. The summed E-state index contributed by atoms with van der Waals surface area (Å²) in [5.41, 5.74) is 0.676. The van der Waals surface area contributed by atoms with E-state index in [-0.39, 0.29) is 35.3 Å². The molecular formula is C20H18ClF2N3O2. The fraction of sp³-hybridized carbons (Fsp3) is 0.300. The summed E-state index contributed by atoms with van der Waals surface area (Å²) in [4.78, 5) is 16.0. The lowest BCUT2D eigenvalue weighted by Crippen LogP contribution is -2.49. The minimum Gasteiger partial charge on any atom is -0.493 e. The van der Waals surface area contributed by atoms with E-state index in [4.69, 9.17) is 16.3 Å². The maximum atomic E-state index is 13.6. The molecule has 3 rings (SSSR count). The molecule has 0 bridgehead atoms. The molecule has 1 fully saturated rings. The van der Waals surface area contributed by atoms with Crippen LogP contribution in [0.3, 0.4) is 0 Å². The van der Waals surface area contributed by atoms with E-state index in [1.165, 1.54) is 36.4 Å². The maximum absolute atomic E-state index is 13.6. The summed E-state index contributed by atoms with van der Waals surface area (Å²) < 4.78 is 31.9. The molecule has 1 heterocycles. The van der Waals surface area contributed by atoms with Gasteiger partial charge in [0.1, 0.15) is 23.5 Å². The topological polar surface area (TPSA) is 56.6 Å². The third-order valence-corrected chi connectivity index (χ3v) is 4.93. The third-order valence-electron chi connectivity index (χ3n) is 4.56. The second-order valence-corrected chi connectivity index (χ2v) is 6.67. The minimum absolute atomic E-state index is 0.0422. The van der Waals surface area contributed by atoms with Gasteiger partial charge in [-0.05, 0) is 36.4 Å². The summed E-state index contributed by atoms with van der Waals surface area (Å²) >= 11 is 5.89. The van der Waals surface area contributed by atoms with Crippen LogP contribution in [0.25, 0.3) is 0 Å². The van der Waals surface area contributed by atoms with E-state index in [2.05, 4.69) is 0 Å². The Hall–Kier alpha value is -2.85. The zero-order chi connectivity index (χ0) is 20.1. The molecule has 1 amide bonds. The van der Waals surface area contributed by atoms with Crippen molar-refractivity contribution in [2.45, 2.75) is 6.42 Å². The third kappa shape index (κ3) is 4.52. The highest BCUT2D eigenvalue weighted by Crippen LogP contribution is 2.30. The molecule has 28 heavy (non-hydrogen) atoms. The number of hydrogen-bond donors (Lipinski definition) is 0. The molecule has 0 aromatic heterocycles. The van der Waals surface area contributed by atoms with E-state index in [0.717, 1.165) is 0 Å². The summed E-state index contributed by atoms with van der Waals surface area (Å²) in [6, 6.07) is 10.3. The van der Waals surface area contributed by atoms with E-state index in [0.29, 0.717) is 37.6 Å². The SMILES string of the molecule is N#Cc1c(N2CCN(C(=O)CCOc3ccc(F)cc3)CC2)ccc(F)c1Cl. The number of carbonyl (C=O) groups excluding carboxylic acids is 1. The van der Waals surface area contributed by atoms with Gasteiger partial charge >= 0.3 is 0 Å². The molecule has 0 atom stereocenters. The summed E-state index contributed by atoms with van der Waals surface area (Å²) in [7, 11) is 0. The highest BCUT2D eigenvalue weighted by Gasteiger charge is 2.24. The van der Waals surface area contributed by atoms with Crippen LogP contribution in [0.4, 0.5) is 14.5 Å². The summed E-state index contributed by atoms with van der Waals surface area (Å²) in [5.74, 6) is -0.504. The van der Waals surface area contributed by atoms with Crippen LogP contribution < -0.4 is 9.64 Å². The van der Waals surface area contributed by atoms with Gasteiger partial charge in [-0.2, -0.15) is 5.26 Å². The second kappa shape index (κ2) is 8.89. The van der Waals surface area contributed by atoms with Crippen LogP contribution in [0, 0.1) is 23.0 Å². The van der Waals surface area contributed by atoms with Gasteiger partial charge in [0.2, 0.25) is 5.91 Å². The van der Waals surface area contributed by atoms with E-state index >= 15 is 0 Å². The van der Waals surface area contributed by atoms with E-state index in [9.17, 15) is 18.8 Å². The van der Waals surface area contributed by atoms with Gasteiger partial charge < -0.3 is 14.5 Å². The summed E-state index contributed by atoms with van der Waals surface area (Å²) in [6.07, 6.45) is 0.212. The Balaban J connectivity index is 1.51. The van der Waals surface area contributed by atoms with Crippen LogP contribution in [-0.4, -0.2) is 43.6 Å². The fourth-order valence-corrected chi connectivity index (χ4v) is 3.25. The number of benzene rings is 2. The van der Waals surface area contributed by atoms with Crippen molar-refractivity contribution < 1.29 is 18.3 Å². The molecule has 0 N–H and O–H groups in total. The summed E-state index contributed by atoms with van der Waals surface area (Å²) in [6.45, 7) is 2.20. The molecule has 8 heteroatoms. The molecule has 0 spiro atoms. The number of carbonyl (C=O) groups is 1. The Morgan fingerprint density at radius 2 is 1.79 bits per heavy atom. The van der Waals surface area contributed by atoms with Gasteiger partial charge in [-0.3, -0.25) is 4.79 Å². The summed E-state index contributed by atoms with van der Waals surface area (Å²) in [5, 5.41) is 9.09. The van der Waals surface area contributed by atoms with Crippen molar-refractivity contribution in [3.8, 4) is 11.8 Å². The van der Waals surface area contributed by atoms with Gasteiger partial charge in [-0.25, -0.2) is 8.78 Å². The number of nitrogens with zero attached hydrogens (tertiary/aromatic N) is 3. The average Bonchev–Trinajstić information content (AvgIpc) is 2.71. The predicted molar refractivity (Wildman–Crippen MR) is 101 cm³/mol. The largest absolute Gasteiger partial charge is 0.493 e. The van der Waals surface area contributed by atoms with E-state index in [1.54, 1.807) is 4.90 Å². The Morgan fingerprint density at radius 3 is 2.43 bits per heavy atom. The van der Waals surface area contributed by atoms with E-state index in [1.807, 2.05) is 11.0 Å². The van der Waals surface area contributed by atoms with Crippen molar-refractivity contribution in [3.05, 3.63) is 58.6 Å². The molecule has 0 saturated carbocycles. The molecule has 1 saturated heterocycles. The van der Waals surface area contributed by atoms with E-state index < -0.39 is 5.82 Å². The number of hydrogen-bond acceptors (Lipinski definition) is 4. The molecule has 2 aromatic carbocycles. The van der Waals surface area contributed by atoms with Gasteiger partial charge in [0.05, 0.1) is 29.3 Å². The number of piperazine rings is 1. The Bertz CT molecular complexity index is 892. The first-order valence-corrected chi connectivity index (χ1v) is 9.16. The Morgan fingerprint density at radius 1 is 1.11 bits per heavy atom. The highest BCUT2D eigenvalue weighted by atomic mass is 35.5. The van der Waals surface area contributed by atoms with Crippen LogP contribution in [0.1, 0.15) is 12.0 Å². The zero-order valence-electron chi connectivity index (χ0n) is 15.0. The first-order chi connectivity index (χ1) is 13.5. The standard InChI is InChI=1S/C20H18ClF2N3O2/c21-20-16(13-24)18(6-5-17(20)23)25-8-10-26(11-9-25)19(27)7-12-28-15-3-1-14(22)2-4-15/h1-6H,7-12H2. The first-order valence-electron chi connectivity index (χ1n) is 8.79. The second-order valence-electron chi connectivity index (χ2n) is 6.29. The smallest absolute Gasteiger partial charge is 0.226 e. The fourth-order valence-electron chi connectivity index (χ4n) is 3.05. The van der Waals surface area contributed by atoms with Gasteiger partial charge in [-0.15, -0.1) is 0 Å². The maximum Gasteiger partial charge on any atom is 0.226 e. The van der Waals surface area contributed by atoms with Crippen molar-refractivity contribution in [2.75, 3.05) is 37.7 Å². The molecule has 0 radical (unpaired) electrons. The Kier molecular flexibility index (Phi) is 6.32. The number of halogens is 3. The lowest BCUT2D eigenvalue weighted by molar-refractivity contribution is -0.132. The van der Waals surface area contributed by atoms with Crippen molar-refractivity contribution >= 4 is 23.2 Å². The molecule has 146 valence electrons. The molecule has 5 nitrogen and oxygen atoms in total. The lowest BCUT2D eigenvalue weighted by Gasteiger charge is -2.36. The zero-order valence-corrected chi connectivity index (χ0v) is 15.8. The monoisotopic (exact) mass is 405 g/mol. The van der Waals surface area contributed by atoms with Crippen molar-refractivity contribution in [1.82, 2.24) is 4.90 Å². The lowest BCUT2D eigenvalue weighted by atomic mass is 10.1. The average molecular weight is 406 g/mol. The Labute approximate surface area is 166 Å². The molecule has 2 aromatic rings. The van der Waals surface area contributed by atoms with Gasteiger partial charge in [-0.1, -0.05) is 11.6 Å². The molecular weight excluding hydrogens is 388 g/mol.